The molecule has 1 amide bonds. The van der Waals surface area contributed by atoms with Crippen LogP contribution in [-0.2, 0) is 13.0 Å². The molecule has 0 fully saturated rings. The minimum atomic E-state index is -0.0924. The number of hydrogen-bond donors (Lipinski definition) is 1. The molecule has 1 unspecified atom stereocenters. The third-order valence-corrected chi connectivity index (χ3v) is 5.74. The van der Waals surface area contributed by atoms with Gasteiger partial charge in [0.15, 0.2) is 0 Å². The summed E-state index contributed by atoms with van der Waals surface area (Å²) in [6.45, 7) is 2.35. The Morgan fingerprint density at radius 2 is 1.64 bits per heavy atom. The van der Waals surface area contributed by atoms with E-state index in [4.69, 9.17) is 9.47 Å². The molecule has 0 aliphatic heterocycles. The summed E-state index contributed by atoms with van der Waals surface area (Å²) in [7, 11) is 1.63. The molecule has 0 radical (unpaired) electrons. The van der Waals surface area contributed by atoms with Crippen LogP contribution in [-0.4, -0.2) is 19.1 Å². The van der Waals surface area contributed by atoms with Crippen LogP contribution >= 0.6 is 0 Å². The first kappa shape index (κ1) is 22.4. The number of carbonyl (C=O) groups excluding carboxylic acids is 1. The van der Waals surface area contributed by atoms with Crippen LogP contribution in [0.2, 0.25) is 0 Å². The van der Waals surface area contributed by atoms with Crippen molar-refractivity contribution in [1.29, 1.82) is 0 Å². The molecular weight excluding hydrogens is 410 g/mol. The lowest BCUT2D eigenvalue weighted by Crippen LogP contribution is -2.33. The second-order valence-electron chi connectivity index (χ2n) is 8.22. The molecule has 0 aliphatic rings. The maximum Gasteiger partial charge on any atom is 0.251 e. The van der Waals surface area contributed by atoms with Gasteiger partial charge in [0, 0.05) is 17.2 Å². The molecule has 4 heteroatoms. The molecule has 0 saturated heterocycles. The Kier molecular flexibility index (Phi) is 7.26. The van der Waals surface area contributed by atoms with Gasteiger partial charge in [-0.05, 0) is 66.4 Å². The minimum Gasteiger partial charge on any atom is -0.496 e. The third-order valence-electron chi connectivity index (χ3n) is 5.74. The summed E-state index contributed by atoms with van der Waals surface area (Å²) in [5, 5.41) is 5.40. The molecule has 0 saturated carbocycles. The number of amides is 1. The number of aryl methyl sites for hydroxylation is 1. The summed E-state index contributed by atoms with van der Waals surface area (Å²) < 4.78 is 11.5. The Labute approximate surface area is 195 Å². The molecule has 0 bridgehead atoms. The van der Waals surface area contributed by atoms with Crippen molar-refractivity contribution in [3.63, 3.8) is 0 Å². The molecule has 4 rings (SSSR count). The number of fused-ring (bicyclic) bond motifs is 1. The standard InChI is InChI=1S/C29H29NO3/c1-21(12-13-22-8-4-3-5-9-22)30-29(31)25-15-17-28(32-2)26(18-25)20-33-27-16-14-23-10-6-7-11-24(23)19-27/h3-11,14-19,21H,12-13,20H2,1-2H3,(H,30,31). The Hall–Kier alpha value is -3.79. The van der Waals surface area contributed by atoms with E-state index in [1.807, 2.05) is 67.6 Å². The largest absolute Gasteiger partial charge is 0.496 e. The molecule has 4 aromatic carbocycles. The van der Waals surface area contributed by atoms with Crippen LogP contribution in [0.25, 0.3) is 10.8 Å². The fraction of sp³-hybridized carbons (Fsp3) is 0.207. The highest BCUT2D eigenvalue weighted by Crippen LogP contribution is 2.25. The molecule has 1 N–H and O–H groups in total. The highest BCUT2D eigenvalue weighted by atomic mass is 16.5. The van der Waals surface area contributed by atoms with Crippen LogP contribution in [0.4, 0.5) is 0 Å². The Morgan fingerprint density at radius 3 is 2.42 bits per heavy atom. The molecule has 0 aromatic heterocycles. The van der Waals surface area contributed by atoms with E-state index in [2.05, 4.69) is 29.6 Å². The van der Waals surface area contributed by atoms with Gasteiger partial charge in [-0.2, -0.15) is 0 Å². The first-order chi connectivity index (χ1) is 16.1. The van der Waals surface area contributed by atoms with E-state index in [9.17, 15) is 4.79 Å². The SMILES string of the molecule is COc1ccc(C(=O)NC(C)CCc2ccccc2)cc1COc1ccc2ccccc2c1. The number of methoxy groups -OCH3 is 1. The first-order valence-corrected chi connectivity index (χ1v) is 11.3. The van der Waals surface area contributed by atoms with Crippen LogP contribution in [0, 0.1) is 0 Å². The summed E-state index contributed by atoms with van der Waals surface area (Å²) in [5.41, 5.74) is 2.70. The number of rotatable bonds is 9. The van der Waals surface area contributed by atoms with E-state index in [1.54, 1.807) is 13.2 Å². The van der Waals surface area contributed by atoms with Gasteiger partial charge in [-0.25, -0.2) is 0 Å². The van der Waals surface area contributed by atoms with Gasteiger partial charge in [0.1, 0.15) is 18.1 Å². The van der Waals surface area contributed by atoms with Crippen molar-refractivity contribution in [2.45, 2.75) is 32.4 Å². The maximum absolute atomic E-state index is 12.8. The summed E-state index contributed by atoms with van der Waals surface area (Å²) >= 11 is 0. The smallest absolute Gasteiger partial charge is 0.251 e. The van der Waals surface area contributed by atoms with Crippen molar-refractivity contribution in [2.75, 3.05) is 7.11 Å². The third kappa shape index (κ3) is 5.92. The van der Waals surface area contributed by atoms with Crippen molar-refractivity contribution in [3.05, 3.63) is 108 Å². The summed E-state index contributed by atoms with van der Waals surface area (Å²) in [6.07, 6.45) is 1.81. The topological polar surface area (TPSA) is 47.6 Å². The van der Waals surface area contributed by atoms with Gasteiger partial charge in [0.25, 0.3) is 5.91 Å². The average molecular weight is 440 g/mol. The van der Waals surface area contributed by atoms with Crippen molar-refractivity contribution >= 4 is 16.7 Å². The van der Waals surface area contributed by atoms with Gasteiger partial charge in [-0.3, -0.25) is 4.79 Å². The Bertz CT molecular complexity index is 1220. The van der Waals surface area contributed by atoms with E-state index in [0.717, 1.165) is 29.5 Å². The minimum absolute atomic E-state index is 0.0668. The van der Waals surface area contributed by atoms with Gasteiger partial charge >= 0.3 is 0 Å². The molecule has 0 spiro atoms. The fourth-order valence-corrected chi connectivity index (χ4v) is 3.86. The summed E-state index contributed by atoms with van der Waals surface area (Å²) in [6, 6.07) is 30.0. The van der Waals surface area contributed by atoms with Crippen LogP contribution in [0.5, 0.6) is 11.5 Å². The van der Waals surface area contributed by atoms with E-state index in [1.165, 1.54) is 10.9 Å². The Morgan fingerprint density at radius 1 is 0.879 bits per heavy atom. The molecule has 1 atom stereocenters. The fourth-order valence-electron chi connectivity index (χ4n) is 3.86. The van der Waals surface area contributed by atoms with E-state index < -0.39 is 0 Å². The van der Waals surface area contributed by atoms with E-state index in [-0.39, 0.29) is 11.9 Å². The highest BCUT2D eigenvalue weighted by molar-refractivity contribution is 5.94. The van der Waals surface area contributed by atoms with Gasteiger partial charge < -0.3 is 14.8 Å². The molecule has 4 nitrogen and oxygen atoms in total. The van der Waals surface area contributed by atoms with Crippen molar-refractivity contribution in [3.8, 4) is 11.5 Å². The normalized spacial score (nSPS) is 11.7. The van der Waals surface area contributed by atoms with Crippen molar-refractivity contribution < 1.29 is 14.3 Å². The first-order valence-electron chi connectivity index (χ1n) is 11.3. The molecule has 168 valence electrons. The number of ether oxygens (including phenoxy) is 2. The van der Waals surface area contributed by atoms with Gasteiger partial charge in [0.05, 0.1) is 7.11 Å². The monoisotopic (exact) mass is 439 g/mol. The van der Waals surface area contributed by atoms with E-state index in [0.29, 0.717) is 17.9 Å². The number of benzene rings is 4. The van der Waals surface area contributed by atoms with Crippen molar-refractivity contribution in [2.24, 2.45) is 0 Å². The van der Waals surface area contributed by atoms with Gasteiger partial charge in [0.2, 0.25) is 0 Å². The Balaban J connectivity index is 1.40. The molecular formula is C29H29NO3. The zero-order valence-electron chi connectivity index (χ0n) is 19.1. The summed E-state index contributed by atoms with van der Waals surface area (Å²) in [4.78, 5) is 12.8. The number of nitrogens with one attached hydrogen (secondary N) is 1. The maximum atomic E-state index is 12.8. The molecule has 4 aromatic rings. The molecule has 0 aliphatic carbocycles. The van der Waals surface area contributed by atoms with Crippen molar-refractivity contribution in [1.82, 2.24) is 5.32 Å². The number of carbonyl (C=O) groups is 1. The number of hydrogen-bond acceptors (Lipinski definition) is 3. The lowest BCUT2D eigenvalue weighted by molar-refractivity contribution is 0.0938. The highest BCUT2D eigenvalue weighted by Gasteiger charge is 2.13. The summed E-state index contributed by atoms with van der Waals surface area (Å²) in [5.74, 6) is 1.38. The zero-order chi connectivity index (χ0) is 23.0. The second-order valence-corrected chi connectivity index (χ2v) is 8.22. The lowest BCUT2D eigenvalue weighted by Gasteiger charge is -2.16. The predicted octanol–water partition coefficient (Wildman–Crippen LogP) is 6.18. The quantitative estimate of drug-likeness (QED) is 0.339. The van der Waals surface area contributed by atoms with Crippen LogP contribution in [0.3, 0.4) is 0 Å². The average Bonchev–Trinajstić information content (AvgIpc) is 2.86. The molecule has 33 heavy (non-hydrogen) atoms. The van der Waals surface area contributed by atoms with Crippen LogP contribution in [0.15, 0.2) is 91.0 Å². The van der Waals surface area contributed by atoms with Gasteiger partial charge in [-0.15, -0.1) is 0 Å². The predicted molar refractivity (Wildman–Crippen MR) is 133 cm³/mol. The lowest BCUT2D eigenvalue weighted by atomic mass is 10.1. The van der Waals surface area contributed by atoms with Crippen LogP contribution < -0.4 is 14.8 Å². The molecule has 0 heterocycles. The van der Waals surface area contributed by atoms with Gasteiger partial charge in [-0.1, -0.05) is 60.7 Å². The van der Waals surface area contributed by atoms with E-state index >= 15 is 0 Å². The second kappa shape index (κ2) is 10.7. The zero-order valence-corrected chi connectivity index (χ0v) is 19.1. The van der Waals surface area contributed by atoms with Crippen LogP contribution in [0.1, 0.15) is 34.8 Å².